The first-order valence-electron chi connectivity index (χ1n) is 7.24. The standard InChI is InChI=1S/C17H18N2O3/c1-21-15-3-2-14-8-12(11-22-16(14)9-15)10-19-17(20)13-4-6-18-7-5-13/h2-7,9,12H,8,10-11H2,1H3,(H,19,20)/t12-/m0/s1. The molecule has 1 aromatic carbocycles. The third-order valence-electron chi connectivity index (χ3n) is 3.75. The van der Waals surface area contributed by atoms with Crippen molar-refractivity contribution in [3.63, 3.8) is 0 Å². The van der Waals surface area contributed by atoms with Gasteiger partial charge < -0.3 is 14.8 Å². The fourth-order valence-electron chi connectivity index (χ4n) is 2.52. The molecule has 0 radical (unpaired) electrons. The Morgan fingerprint density at radius 2 is 2.18 bits per heavy atom. The number of pyridine rings is 1. The van der Waals surface area contributed by atoms with Gasteiger partial charge in [0.25, 0.3) is 5.91 Å². The Morgan fingerprint density at radius 3 is 2.95 bits per heavy atom. The maximum Gasteiger partial charge on any atom is 0.251 e. The van der Waals surface area contributed by atoms with Gasteiger partial charge in [0.2, 0.25) is 0 Å². The Labute approximate surface area is 129 Å². The van der Waals surface area contributed by atoms with E-state index < -0.39 is 0 Å². The molecule has 0 saturated heterocycles. The SMILES string of the molecule is COc1ccc2c(c1)OC[C@H](CNC(=O)c1ccncc1)C2. The smallest absolute Gasteiger partial charge is 0.251 e. The molecule has 1 amide bonds. The second-order valence-electron chi connectivity index (χ2n) is 5.30. The second-order valence-corrected chi connectivity index (χ2v) is 5.30. The van der Waals surface area contributed by atoms with Crippen molar-refractivity contribution in [2.75, 3.05) is 20.3 Å². The van der Waals surface area contributed by atoms with Crippen LogP contribution in [0, 0.1) is 5.92 Å². The lowest BCUT2D eigenvalue weighted by Crippen LogP contribution is -2.34. The molecule has 1 aromatic heterocycles. The van der Waals surface area contributed by atoms with Crippen LogP contribution in [0.25, 0.3) is 0 Å². The number of rotatable bonds is 4. The summed E-state index contributed by atoms with van der Waals surface area (Å²) >= 11 is 0. The van der Waals surface area contributed by atoms with E-state index in [0.29, 0.717) is 18.7 Å². The summed E-state index contributed by atoms with van der Waals surface area (Å²) in [5.41, 5.74) is 1.77. The summed E-state index contributed by atoms with van der Waals surface area (Å²) in [6, 6.07) is 9.26. The molecule has 22 heavy (non-hydrogen) atoms. The largest absolute Gasteiger partial charge is 0.497 e. The summed E-state index contributed by atoms with van der Waals surface area (Å²) < 4.78 is 11.0. The number of nitrogens with one attached hydrogen (secondary N) is 1. The monoisotopic (exact) mass is 298 g/mol. The molecule has 1 aliphatic heterocycles. The number of benzene rings is 1. The first-order chi connectivity index (χ1) is 10.8. The predicted molar refractivity (Wildman–Crippen MR) is 82.3 cm³/mol. The molecule has 3 rings (SSSR count). The quantitative estimate of drug-likeness (QED) is 0.938. The van der Waals surface area contributed by atoms with Gasteiger partial charge in [-0.1, -0.05) is 6.07 Å². The van der Waals surface area contributed by atoms with Crippen LogP contribution < -0.4 is 14.8 Å². The Bertz CT molecular complexity index is 658. The van der Waals surface area contributed by atoms with Crippen molar-refractivity contribution >= 4 is 5.91 Å². The van der Waals surface area contributed by atoms with Crippen LogP contribution in [-0.2, 0) is 6.42 Å². The molecular weight excluding hydrogens is 280 g/mol. The van der Waals surface area contributed by atoms with Crippen molar-refractivity contribution < 1.29 is 14.3 Å². The maximum absolute atomic E-state index is 12.0. The summed E-state index contributed by atoms with van der Waals surface area (Å²) in [6.45, 7) is 1.18. The van der Waals surface area contributed by atoms with Crippen molar-refractivity contribution in [1.82, 2.24) is 10.3 Å². The van der Waals surface area contributed by atoms with Crippen LogP contribution in [0.3, 0.4) is 0 Å². The number of carbonyl (C=O) groups is 1. The van der Waals surface area contributed by atoms with Gasteiger partial charge in [0.05, 0.1) is 13.7 Å². The highest BCUT2D eigenvalue weighted by molar-refractivity contribution is 5.93. The molecule has 0 fully saturated rings. The molecule has 5 heteroatoms. The van der Waals surface area contributed by atoms with Crippen LogP contribution in [0.2, 0.25) is 0 Å². The van der Waals surface area contributed by atoms with Crippen LogP contribution in [0.5, 0.6) is 11.5 Å². The Balaban J connectivity index is 1.58. The topological polar surface area (TPSA) is 60.5 Å². The number of hydrogen-bond donors (Lipinski definition) is 1. The molecule has 1 N–H and O–H groups in total. The van der Waals surface area contributed by atoms with Gasteiger partial charge in [-0.05, 0) is 30.2 Å². The van der Waals surface area contributed by atoms with E-state index in [0.717, 1.165) is 23.5 Å². The van der Waals surface area contributed by atoms with Crippen LogP contribution in [-0.4, -0.2) is 31.2 Å². The summed E-state index contributed by atoms with van der Waals surface area (Å²) in [7, 11) is 1.64. The van der Waals surface area contributed by atoms with E-state index in [1.54, 1.807) is 31.6 Å². The molecule has 114 valence electrons. The van der Waals surface area contributed by atoms with E-state index in [2.05, 4.69) is 10.3 Å². The number of fused-ring (bicyclic) bond motifs is 1. The predicted octanol–water partition coefficient (Wildman–Crippen LogP) is 2.07. The van der Waals surface area contributed by atoms with E-state index in [1.807, 2.05) is 18.2 Å². The average molecular weight is 298 g/mol. The molecule has 2 heterocycles. The minimum atomic E-state index is -0.0806. The average Bonchev–Trinajstić information content (AvgIpc) is 2.59. The number of hydrogen-bond acceptors (Lipinski definition) is 4. The lowest BCUT2D eigenvalue weighted by molar-refractivity contribution is 0.0939. The Hall–Kier alpha value is -2.56. The highest BCUT2D eigenvalue weighted by Gasteiger charge is 2.21. The Morgan fingerprint density at radius 1 is 1.36 bits per heavy atom. The molecule has 0 bridgehead atoms. The fourth-order valence-corrected chi connectivity index (χ4v) is 2.52. The lowest BCUT2D eigenvalue weighted by Gasteiger charge is -2.25. The first-order valence-corrected chi connectivity index (χ1v) is 7.24. The normalized spacial score (nSPS) is 16.3. The van der Waals surface area contributed by atoms with Gasteiger partial charge in [0.15, 0.2) is 0 Å². The van der Waals surface area contributed by atoms with Crippen LogP contribution in [0.15, 0.2) is 42.7 Å². The van der Waals surface area contributed by atoms with Crippen molar-refractivity contribution in [1.29, 1.82) is 0 Å². The summed E-state index contributed by atoms with van der Waals surface area (Å²) in [5, 5.41) is 2.95. The number of aromatic nitrogens is 1. The van der Waals surface area contributed by atoms with E-state index in [4.69, 9.17) is 9.47 Å². The van der Waals surface area contributed by atoms with Crippen LogP contribution in [0.4, 0.5) is 0 Å². The van der Waals surface area contributed by atoms with E-state index >= 15 is 0 Å². The zero-order valence-corrected chi connectivity index (χ0v) is 12.4. The molecule has 1 atom stereocenters. The van der Waals surface area contributed by atoms with Gasteiger partial charge in [0, 0.05) is 36.5 Å². The first kappa shape index (κ1) is 14.4. The number of amides is 1. The third kappa shape index (κ3) is 3.19. The van der Waals surface area contributed by atoms with Crippen LogP contribution >= 0.6 is 0 Å². The van der Waals surface area contributed by atoms with Crippen molar-refractivity contribution in [3.05, 3.63) is 53.9 Å². The highest BCUT2D eigenvalue weighted by Crippen LogP contribution is 2.30. The summed E-state index contributed by atoms with van der Waals surface area (Å²) in [5.74, 6) is 1.86. The van der Waals surface area contributed by atoms with E-state index in [9.17, 15) is 4.79 Å². The van der Waals surface area contributed by atoms with Gasteiger partial charge in [-0.25, -0.2) is 0 Å². The molecule has 0 spiro atoms. The van der Waals surface area contributed by atoms with Gasteiger partial charge in [-0.2, -0.15) is 0 Å². The van der Waals surface area contributed by atoms with Gasteiger partial charge in [-0.15, -0.1) is 0 Å². The molecule has 2 aromatic rings. The fraction of sp³-hybridized carbons (Fsp3) is 0.294. The number of methoxy groups -OCH3 is 1. The maximum atomic E-state index is 12.0. The summed E-state index contributed by atoms with van der Waals surface area (Å²) in [6.07, 6.45) is 4.11. The molecule has 0 aliphatic carbocycles. The van der Waals surface area contributed by atoms with Crippen molar-refractivity contribution in [2.45, 2.75) is 6.42 Å². The molecule has 1 aliphatic rings. The van der Waals surface area contributed by atoms with E-state index in [1.165, 1.54) is 0 Å². The third-order valence-corrected chi connectivity index (χ3v) is 3.75. The van der Waals surface area contributed by atoms with Gasteiger partial charge in [-0.3, -0.25) is 9.78 Å². The Kier molecular flexibility index (Phi) is 4.23. The van der Waals surface area contributed by atoms with Crippen LogP contribution in [0.1, 0.15) is 15.9 Å². The van der Waals surface area contributed by atoms with Crippen molar-refractivity contribution in [2.24, 2.45) is 5.92 Å². The second kappa shape index (κ2) is 6.47. The zero-order chi connectivity index (χ0) is 15.4. The number of ether oxygens (including phenoxy) is 2. The van der Waals surface area contributed by atoms with E-state index in [-0.39, 0.29) is 11.8 Å². The minimum absolute atomic E-state index is 0.0806. The summed E-state index contributed by atoms with van der Waals surface area (Å²) in [4.78, 5) is 15.9. The zero-order valence-electron chi connectivity index (χ0n) is 12.4. The minimum Gasteiger partial charge on any atom is -0.497 e. The molecule has 5 nitrogen and oxygen atoms in total. The lowest BCUT2D eigenvalue weighted by atomic mass is 9.96. The van der Waals surface area contributed by atoms with Gasteiger partial charge >= 0.3 is 0 Å². The molecule has 0 unspecified atom stereocenters. The van der Waals surface area contributed by atoms with Gasteiger partial charge in [0.1, 0.15) is 11.5 Å². The highest BCUT2D eigenvalue weighted by atomic mass is 16.5. The van der Waals surface area contributed by atoms with Crippen molar-refractivity contribution in [3.8, 4) is 11.5 Å². The molecule has 0 saturated carbocycles. The number of carbonyl (C=O) groups excluding carboxylic acids is 1. The number of nitrogens with zero attached hydrogens (tertiary/aromatic N) is 1. The molecular formula is C17H18N2O3.